The van der Waals surface area contributed by atoms with E-state index in [0.29, 0.717) is 5.02 Å². The fraction of sp³-hybridized carbons (Fsp3) is 0.750. The summed E-state index contributed by atoms with van der Waals surface area (Å²) in [6.07, 6.45) is 5.32. The monoisotopic (exact) mass is 242 g/mol. The maximum atomic E-state index is 10.8. The van der Waals surface area contributed by atoms with Gasteiger partial charge in [-0.05, 0) is 31.1 Å². The van der Waals surface area contributed by atoms with Crippen LogP contribution in [0, 0.1) is 5.41 Å². The van der Waals surface area contributed by atoms with Crippen molar-refractivity contribution in [1.82, 2.24) is 9.78 Å². The van der Waals surface area contributed by atoms with Gasteiger partial charge >= 0.3 is 0 Å². The molecule has 1 aliphatic carbocycles. The predicted molar refractivity (Wildman–Crippen MR) is 64.4 cm³/mol. The van der Waals surface area contributed by atoms with Crippen LogP contribution in [0.25, 0.3) is 0 Å². The van der Waals surface area contributed by atoms with Gasteiger partial charge in [0.2, 0.25) is 0 Å². The van der Waals surface area contributed by atoms with Crippen LogP contribution in [-0.4, -0.2) is 14.9 Å². The maximum absolute atomic E-state index is 10.8. The molecule has 1 aliphatic rings. The Morgan fingerprint density at radius 2 is 2.12 bits per heavy atom. The lowest BCUT2D eigenvalue weighted by molar-refractivity contribution is -0.0498. The van der Waals surface area contributed by atoms with E-state index < -0.39 is 5.60 Å². The Hall–Kier alpha value is -0.540. The van der Waals surface area contributed by atoms with Crippen molar-refractivity contribution in [2.24, 2.45) is 12.5 Å². The average Bonchev–Trinajstić information content (AvgIpc) is 2.44. The molecule has 0 aromatic carbocycles. The molecule has 0 amide bonds. The van der Waals surface area contributed by atoms with Crippen molar-refractivity contribution in [2.75, 3.05) is 0 Å². The number of nitrogens with zero attached hydrogens (tertiary/aromatic N) is 2. The third kappa shape index (κ3) is 1.98. The molecule has 1 saturated carbocycles. The first-order chi connectivity index (χ1) is 7.34. The van der Waals surface area contributed by atoms with E-state index in [2.05, 4.69) is 18.9 Å². The number of aryl methyl sites for hydroxylation is 1. The molecule has 16 heavy (non-hydrogen) atoms. The number of aliphatic hydroxyl groups is 1. The first kappa shape index (κ1) is 11.9. The number of aromatic nitrogens is 2. The fourth-order valence-electron chi connectivity index (χ4n) is 2.96. The van der Waals surface area contributed by atoms with Crippen molar-refractivity contribution >= 4 is 11.6 Å². The van der Waals surface area contributed by atoms with Gasteiger partial charge in [-0.15, -0.1) is 0 Å². The van der Waals surface area contributed by atoms with Crippen LogP contribution in [-0.2, 0) is 12.6 Å². The second-order valence-corrected chi connectivity index (χ2v) is 6.10. The first-order valence-corrected chi connectivity index (χ1v) is 6.12. The lowest BCUT2D eigenvalue weighted by Crippen LogP contribution is -2.38. The molecular weight excluding hydrogens is 224 g/mol. The van der Waals surface area contributed by atoms with E-state index >= 15 is 0 Å². The molecule has 1 atom stereocenters. The van der Waals surface area contributed by atoms with E-state index in [-0.39, 0.29) is 5.41 Å². The van der Waals surface area contributed by atoms with Gasteiger partial charge in [0.05, 0.1) is 16.9 Å². The molecule has 1 heterocycles. The summed E-state index contributed by atoms with van der Waals surface area (Å²) in [5.41, 5.74) is 0.118. The summed E-state index contributed by atoms with van der Waals surface area (Å²) in [4.78, 5) is 0. The molecule has 1 aromatic rings. The van der Waals surface area contributed by atoms with Crippen molar-refractivity contribution in [2.45, 2.75) is 45.1 Å². The van der Waals surface area contributed by atoms with Gasteiger partial charge in [-0.3, -0.25) is 4.68 Å². The summed E-state index contributed by atoms with van der Waals surface area (Å²) in [7, 11) is 1.83. The number of rotatable bonds is 1. The highest BCUT2D eigenvalue weighted by atomic mass is 35.5. The highest BCUT2D eigenvalue weighted by molar-refractivity contribution is 6.31. The van der Waals surface area contributed by atoms with Gasteiger partial charge in [0.15, 0.2) is 0 Å². The molecule has 90 valence electrons. The number of hydrogen-bond acceptors (Lipinski definition) is 2. The van der Waals surface area contributed by atoms with Gasteiger partial charge in [-0.2, -0.15) is 5.10 Å². The van der Waals surface area contributed by atoms with Crippen LogP contribution in [0.2, 0.25) is 5.02 Å². The van der Waals surface area contributed by atoms with Gasteiger partial charge in [0, 0.05) is 7.05 Å². The summed E-state index contributed by atoms with van der Waals surface area (Å²) in [6.45, 7) is 4.39. The Bertz CT molecular complexity index is 380. The van der Waals surface area contributed by atoms with Crippen LogP contribution in [0.5, 0.6) is 0 Å². The van der Waals surface area contributed by atoms with Crippen LogP contribution < -0.4 is 0 Å². The van der Waals surface area contributed by atoms with E-state index in [1.54, 1.807) is 10.9 Å². The first-order valence-electron chi connectivity index (χ1n) is 5.74. The van der Waals surface area contributed by atoms with Crippen molar-refractivity contribution in [1.29, 1.82) is 0 Å². The van der Waals surface area contributed by atoms with E-state index in [1.807, 2.05) is 7.05 Å². The van der Waals surface area contributed by atoms with Crippen molar-refractivity contribution in [3.05, 3.63) is 16.9 Å². The predicted octanol–water partition coefficient (Wildman–Crippen LogP) is 2.86. The average molecular weight is 243 g/mol. The lowest BCUT2D eigenvalue weighted by atomic mass is 9.68. The summed E-state index contributed by atoms with van der Waals surface area (Å²) < 4.78 is 1.70. The molecular formula is C12H19ClN2O. The Balaban J connectivity index is 2.39. The molecule has 1 N–H and O–H groups in total. The van der Waals surface area contributed by atoms with E-state index in [1.165, 1.54) is 0 Å². The molecule has 1 aromatic heterocycles. The Morgan fingerprint density at radius 3 is 2.62 bits per heavy atom. The lowest BCUT2D eigenvalue weighted by Gasteiger charge is -2.41. The third-order valence-corrected chi connectivity index (χ3v) is 3.83. The highest BCUT2D eigenvalue weighted by Gasteiger charge is 2.42. The fourth-order valence-corrected chi connectivity index (χ4v) is 3.31. The largest absolute Gasteiger partial charge is 0.383 e. The Kier molecular flexibility index (Phi) is 2.79. The van der Waals surface area contributed by atoms with Gasteiger partial charge in [0.1, 0.15) is 5.60 Å². The van der Waals surface area contributed by atoms with Gasteiger partial charge in [0.25, 0.3) is 0 Å². The van der Waals surface area contributed by atoms with Crippen LogP contribution in [0.3, 0.4) is 0 Å². The Morgan fingerprint density at radius 1 is 1.44 bits per heavy atom. The minimum Gasteiger partial charge on any atom is -0.383 e. The maximum Gasteiger partial charge on any atom is 0.108 e. The van der Waals surface area contributed by atoms with Gasteiger partial charge in [-0.1, -0.05) is 25.4 Å². The smallest absolute Gasteiger partial charge is 0.108 e. The molecule has 0 aliphatic heterocycles. The van der Waals surface area contributed by atoms with Gasteiger partial charge in [-0.25, -0.2) is 0 Å². The van der Waals surface area contributed by atoms with Crippen molar-refractivity contribution in [3.8, 4) is 0 Å². The molecule has 1 fully saturated rings. The second kappa shape index (κ2) is 3.74. The van der Waals surface area contributed by atoms with Crippen molar-refractivity contribution < 1.29 is 5.11 Å². The van der Waals surface area contributed by atoms with E-state index in [4.69, 9.17) is 11.6 Å². The number of halogens is 1. The quantitative estimate of drug-likeness (QED) is 0.823. The number of hydrogen-bond donors (Lipinski definition) is 1. The summed E-state index contributed by atoms with van der Waals surface area (Å²) >= 11 is 6.12. The minimum absolute atomic E-state index is 0.167. The molecule has 1 unspecified atom stereocenters. The summed E-state index contributed by atoms with van der Waals surface area (Å²) in [6, 6.07) is 0. The van der Waals surface area contributed by atoms with Crippen LogP contribution in [0.15, 0.2) is 6.20 Å². The molecule has 0 radical (unpaired) electrons. The normalized spacial score (nSPS) is 29.3. The second-order valence-electron chi connectivity index (χ2n) is 5.69. The topological polar surface area (TPSA) is 38.0 Å². The molecule has 2 rings (SSSR count). The van der Waals surface area contributed by atoms with Crippen molar-refractivity contribution in [3.63, 3.8) is 0 Å². The molecule has 3 nitrogen and oxygen atoms in total. The van der Waals surface area contributed by atoms with Crippen LogP contribution in [0.1, 0.15) is 45.2 Å². The van der Waals surface area contributed by atoms with E-state index in [9.17, 15) is 5.11 Å². The molecule has 0 bridgehead atoms. The van der Waals surface area contributed by atoms with Crippen LogP contribution in [0.4, 0.5) is 0 Å². The third-order valence-electron chi connectivity index (χ3n) is 3.55. The van der Waals surface area contributed by atoms with Crippen LogP contribution >= 0.6 is 11.6 Å². The SMILES string of the molecule is Cn1ncc(Cl)c1C1(O)CCCC(C)(C)C1. The van der Waals surface area contributed by atoms with Gasteiger partial charge < -0.3 is 5.11 Å². The zero-order valence-electron chi connectivity index (χ0n) is 10.1. The highest BCUT2D eigenvalue weighted by Crippen LogP contribution is 2.47. The summed E-state index contributed by atoms with van der Waals surface area (Å²) in [5.74, 6) is 0. The molecule has 0 saturated heterocycles. The minimum atomic E-state index is -0.815. The summed E-state index contributed by atoms with van der Waals surface area (Å²) in [5, 5.41) is 15.5. The Labute approximate surface area is 101 Å². The molecule has 4 heteroatoms. The van der Waals surface area contributed by atoms with E-state index in [0.717, 1.165) is 31.4 Å². The standard InChI is InChI=1S/C12H19ClN2O/c1-11(2)5-4-6-12(16,8-11)10-9(13)7-14-15(10)3/h7,16H,4-6,8H2,1-3H3. The zero-order chi connectivity index (χ0) is 12.0. The zero-order valence-corrected chi connectivity index (χ0v) is 10.9. The molecule has 0 spiro atoms.